The maximum absolute atomic E-state index is 12.1. The van der Waals surface area contributed by atoms with E-state index in [1.165, 1.54) is 31.3 Å². The van der Waals surface area contributed by atoms with Gasteiger partial charge in [-0.15, -0.1) is 0 Å². The van der Waals surface area contributed by atoms with Gasteiger partial charge in [-0.2, -0.15) is 0 Å². The Bertz CT molecular complexity index is 784. The number of carbonyl (C=O) groups excluding carboxylic acids is 1. The Morgan fingerprint density at radius 1 is 1.20 bits per heavy atom. The number of aliphatic hydroxyl groups excluding tert-OH is 2. The van der Waals surface area contributed by atoms with E-state index in [0.29, 0.717) is 42.3 Å². The van der Waals surface area contributed by atoms with Gasteiger partial charge in [-0.3, -0.25) is 4.79 Å². The van der Waals surface area contributed by atoms with Gasteiger partial charge in [0.1, 0.15) is 0 Å². The molecule has 0 radical (unpaired) electrons. The average molecular weight is 411 g/mol. The van der Waals surface area contributed by atoms with Crippen LogP contribution in [0.4, 0.5) is 0 Å². The van der Waals surface area contributed by atoms with Gasteiger partial charge in [-0.25, -0.2) is 0 Å². The SMILES string of the molecule is C=C1C(=CC=C2CCC[C@]3(C)[C@@H]([C@H](C)C=CC(=O)C4CC4)CC[C@@H]23)C[C@@H](O)C[C@@H]1O. The third-order valence-corrected chi connectivity index (χ3v) is 8.48. The molecule has 6 atom stereocenters. The van der Waals surface area contributed by atoms with Crippen LogP contribution < -0.4 is 0 Å². The number of allylic oxidation sites excluding steroid dienone is 5. The lowest BCUT2D eigenvalue weighted by atomic mass is 9.61. The van der Waals surface area contributed by atoms with E-state index in [1.54, 1.807) is 0 Å². The van der Waals surface area contributed by atoms with Gasteiger partial charge in [-0.1, -0.05) is 44.2 Å². The van der Waals surface area contributed by atoms with Crippen LogP contribution >= 0.6 is 0 Å². The third-order valence-electron chi connectivity index (χ3n) is 8.48. The molecule has 4 saturated carbocycles. The first-order valence-corrected chi connectivity index (χ1v) is 12.0. The summed E-state index contributed by atoms with van der Waals surface area (Å²) in [5, 5.41) is 20.1. The summed E-state index contributed by atoms with van der Waals surface area (Å²) in [6.45, 7) is 8.81. The number of aliphatic hydroxyl groups is 2. The fourth-order valence-corrected chi connectivity index (χ4v) is 6.49. The smallest absolute Gasteiger partial charge is 0.158 e. The Kier molecular flexibility index (Phi) is 6.23. The molecule has 2 N–H and O–H groups in total. The molecule has 4 aliphatic rings. The number of fused-ring (bicyclic) bond motifs is 1. The van der Waals surface area contributed by atoms with E-state index in [1.807, 2.05) is 6.08 Å². The molecule has 4 aliphatic carbocycles. The van der Waals surface area contributed by atoms with Crippen LogP contribution in [0.3, 0.4) is 0 Å². The average Bonchev–Trinajstić information content (AvgIpc) is 3.49. The zero-order valence-corrected chi connectivity index (χ0v) is 18.6. The topological polar surface area (TPSA) is 57.5 Å². The molecule has 4 rings (SSSR count). The third kappa shape index (κ3) is 4.29. The van der Waals surface area contributed by atoms with E-state index in [9.17, 15) is 15.0 Å². The number of carbonyl (C=O) groups is 1. The van der Waals surface area contributed by atoms with Crippen molar-refractivity contribution in [3.63, 3.8) is 0 Å². The molecule has 3 nitrogen and oxygen atoms in total. The summed E-state index contributed by atoms with van der Waals surface area (Å²) in [5.41, 5.74) is 3.56. The van der Waals surface area contributed by atoms with Crippen LogP contribution in [-0.2, 0) is 4.79 Å². The van der Waals surface area contributed by atoms with E-state index in [0.717, 1.165) is 30.4 Å². The van der Waals surface area contributed by atoms with Gasteiger partial charge in [0.2, 0.25) is 0 Å². The Hall–Kier alpha value is -1.45. The van der Waals surface area contributed by atoms with Gasteiger partial charge in [0.15, 0.2) is 5.78 Å². The first kappa shape index (κ1) is 21.8. The number of ketones is 1. The minimum absolute atomic E-state index is 0.289. The van der Waals surface area contributed by atoms with Crippen LogP contribution in [0.2, 0.25) is 0 Å². The fraction of sp³-hybridized carbons (Fsp3) is 0.667. The van der Waals surface area contributed by atoms with Gasteiger partial charge < -0.3 is 10.2 Å². The highest BCUT2D eigenvalue weighted by molar-refractivity contribution is 5.93. The summed E-state index contributed by atoms with van der Waals surface area (Å²) < 4.78 is 0. The highest BCUT2D eigenvalue weighted by Gasteiger charge is 2.50. The zero-order valence-electron chi connectivity index (χ0n) is 18.6. The van der Waals surface area contributed by atoms with Gasteiger partial charge in [0.05, 0.1) is 12.2 Å². The molecular formula is C27H38O3. The van der Waals surface area contributed by atoms with E-state index in [4.69, 9.17) is 0 Å². The summed E-state index contributed by atoms with van der Waals surface area (Å²) in [6, 6.07) is 0. The molecule has 4 fully saturated rings. The number of hydrogen-bond acceptors (Lipinski definition) is 3. The highest BCUT2D eigenvalue weighted by Crippen LogP contribution is 2.59. The predicted octanol–water partition coefficient (Wildman–Crippen LogP) is 5.30. The van der Waals surface area contributed by atoms with Crippen LogP contribution in [0.5, 0.6) is 0 Å². The van der Waals surface area contributed by atoms with Crippen molar-refractivity contribution in [2.45, 2.75) is 83.8 Å². The molecule has 0 spiro atoms. The van der Waals surface area contributed by atoms with Crippen LogP contribution in [0.15, 0.2) is 47.6 Å². The Balaban J connectivity index is 1.49. The minimum Gasteiger partial charge on any atom is -0.393 e. The molecule has 0 aromatic rings. The van der Waals surface area contributed by atoms with Crippen molar-refractivity contribution in [2.75, 3.05) is 0 Å². The summed E-state index contributed by atoms with van der Waals surface area (Å²) in [5.74, 6) is 2.28. The molecular weight excluding hydrogens is 372 g/mol. The second-order valence-corrected chi connectivity index (χ2v) is 10.6. The predicted molar refractivity (Wildman–Crippen MR) is 121 cm³/mol. The zero-order chi connectivity index (χ0) is 21.5. The van der Waals surface area contributed by atoms with Gasteiger partial charge in [0, 0.05) is 12.3 Å². The first-order valence-electron chi connectivity index (χ1n) is 12.0. The maximum atomic E-state index is 12.1. The lowest BCUT2D eigenvalue weighted by molar-refractivity contribution is -0.115. The molecule has 0 bridgehead atoms. The molecule has 0 unspecified atom stereocenters. The molecule has 164 valence electrons. The second kappa shape index (κ2) is 8.59. The Morgan fingerprint density at radius 2 is 1.97 bits per heavy atom. The van der Waals surface area contributed by atoms with Crippen LogP contribution in [0, 0.1) is 29.1 Å². The lowest BCUT2D eigenvalue weighted by Crippen LogP contribution is -2.35. The summed E-state index contributed by atoms with van der Waals surface area (Å²) >= 11 is 0. The van der Waals surface area contributed by atoms with E-state index < -0.39 is 12.2 Å². The molecule has 0 heterocycles. The summed E-state index contributed by atoms with van der Waals surface area (Å²) in [4.78, 5) is 12.1. The molecule has 3 heteroatoms. The monoisotopic (exact) mass is 410 g/mol. The van der Waals surface area contributed by atoms with Gasteiger partial charge >= 0.3 is 0 Å². The summed E-state index contributed by atoms with van der Waals surface area (Å²) in [6.07, 6.45) is 16.5. The maximum Gasteiger partial charge on any atom is 0.158 e. The standard InChI is InChI=1S/C27H38O3/c1-17(6-13-25(29)20-8-9-20)23-11-12-24-19(5-4-14-27(23,24)3)7-10-21-15-22(28)16-26(30)18(21)2/h6-7,10,13,17,20,22-24,26,28,30H,2,4-5,8-9,11-12,14-16H2,1,3H3/t17-,22-,23-,24+,26+,27-/m1/s1. The van der Waals surface area contributed by atoms with Crippen molar-refractivity contribution < 1.29 is 15.0 Å². The largest absolute Gasteiger partial charge is 0.393 e. The van der Waals surface area contributed by atoms with Crippen molar-refractivity contribution in [3.8, 4) is 0 Å². The van der Waals surface area contributed by atoms with Crippen LogP contribution in [-0.4, -0.2) is 28.2 Å². The molecule has 30 heavy (non-hydrogen) atoms. The normalized spacial score (nSPS) is 40.9. The van der Waals surface area contributed by atoms with Crippen molar-refractivity contribution in [1.29, 1.82) is 0 Å². The fourth-order valence-electron chi connectivity index (χ4n) is 6.49. The number of hydrogen-bond donors (Lipinski definition) is 2. The number of rotatable bonds is 5. The van der Waals surface area contributed by atoms with Crippen molar-refractivity contribution in [3.05, 3.63) is 47.6 Å². The van der Waals surface area contributed by atoms with Crippen molar-refractivity contribution in [2.24, 2.45) is 29.1 Å². The second-order valence-electron chi connectivity index (χ2n) is 10.6. The minimum atomic E-state index is -0.628. The highest BCUT2D eigenvalue weighted by atomic mass is 16.3. The molecule has 0 amide bonds. The van der Waals surface area contributed by atoms with Crippen LogP contribution in [0.25, 0.3) is 0 Å². The Labute approximate surface area is 181 Å². The summed E-state index contributed by atoms with van der Waals surface area (Å²) in [7, 11) is 0. The van der Waals surface area contributed by atoms with Crippen LogP contribution in [0.1, 0.15) is 71.6 Å². The van der Waals surface area contributed by atoms with Crippen molar-refractivity contribution >= 4 is 5.78 Å². The lowest BCUT2D eigenvalue weighted by Gasteiger charge is -2.44. The molecule has 0 aliphatic heterocycles. The van der Waals surface area contributed by atoms with Crippen molar-refractivity contribution in [1.82, 2.24) is 0 Å². The van der Waals surface area contributed by atoms with E-state index >= 15 is 0 Å². The van der Waals surface area contributed by atoms with Gasteiger partial charge in [-0.05, 0) is 91.8 Å². The van der Waals surface area contributed by atoms with E-state index in [-0.39, 0.29) is 5.41 Å². The quantitative estimate of drug-likeness (QED) is 0.605. The Morgan fingerprint density at radius 3 is 2.70 bits per heavy atom. The van der Waals surface area contributed by atoms with Gasteiger partial charge in [0.25, 0.3) is 0 Å². The first-order chi connectivity index (χ1) is 14.3. The van der Waals surface area contributed by atoms with E-state index in [2.05, 4.69) is 38.7 Å². The molecule has 0 aromatic carbocycles. The molecule has 0 saturated heterocycles. The molecule has 0 aromatic heterocycles.